The van der Waals surface area contributed by atoms with E-state index in [-0.39, 0.29) is 11.6 Å². The number of Topliss-reactive ketones (excluding diaryl/α,β-unsaturated/α-hetero) is 1. The van der Waals surface area contributed by atoms with E-state index >= 15 is 0 Å². The van der Waals surface area contributed by atoms with Crippen LogP contribution < -0.4 is 0 Å². The third kappa shape index (κ3) is 3.82. The smallest absolute Gasteiger partial charge is 0.166 e. The monoisotopic (exact) mass is 331 g/mol. The third-order valence-electron chi connectivity index (χ3n) is 4.25. The summed E-state index contributed by atoms with van der Waals surface area (Å²) in [6, 6.07) is 10.4. The molecule has 1 unspecified atom stereocenters. The minimum atomic E-state index is -0.744. The number of nitrogens with zero attached hydrogens (tertiary/aromatic N) is 1. The Labute approximate surface area is 139 Å². The van der Waals surface area contributed by atoms with Gasteiger partial charge in [-0.2, -0.15) is 10.9 Å². The molecule has 0 spiro atoms. The average Bonchev–Trinajstić information content (AvgIpc) is 2.97. The number of ketones is 1. The van der Waals surface area contributed by atoms with Gasteiger partial charge in [0.2, 0.25) is 0 Å². The molecule has 1 aromatic carbocycles. The maximum atomic E-state index is 13.9. The standard InChI is InChI=1S/C19H22FNOS/c1-2-19(22)17-13-23(14-18(17)20)16-8-10-21(11-9-16)12-15-6-4-3-5-7-15/h3-8,13-14,23H,2,9-12H2,1H3. The number of carbonyl (C=O) groups is 1. The van der Waals surface area contributed by atoms with Crippen LogP contribution in [0.5, 0.6) is 0 Å². The highest BCUT2D eigenvalue weighted by molar-refractivity contribution is 8.25. The first-order chi connectivity index (χ1) is 11.2. The van der Waals surface area contributed by atoms with Gasteiger partial charge in [-0.25, -0.2) is 4.39 Å². The molecule has 0 fully saturated rings. The number of hydrogen-bond donors (Lipinski definition) is 1. The number of carbonyl (C=O) groups excluding carboxylic acids is 1. The Balaban J connectivity index is 1.64. The van der Waals surface area contributed by atoms with Crippen molar-refractivity contribution in [2.45, 2.75) is 26.3 Å². The van der Waals surface area contributed by atoms with E-state index in [1.54, 1.807) is 12.3 Å². The molecule has 2 aliphatic rings. The minimum absolute atomic E-state index is 0.0918. The Kier molecular flexibility index (Phi) is 5.13. The fourth-order valence-electron chi connectivity index (χ4n) is 2.91. The van der Waals surface area contributed by atoms with Crippen molar-refractivity contribution in [1.29, 1.82) is 0 Å². The van der Waals surface area contributed by atoms with Crippen LogP contribution in [0.1, 0.15) is 25.3 Å². The van der Waals surface area contributed by atoms with Crippen molar-refractivity contribution in [3.63, 3.8) is 0 Å². The van der Waals surface area contributed by atoms with Crippen LogP contribution >= 0.6 is 10.9 Å². The van der Waals surface area contributed by atoms with Crippen LogP contribution in [-0.4, -0.2) is 23.8 Å². The lowest BCUT2D eigenvalue weighted by atomic mass is 10.1. The molecule has 0 radical (unpaired) electrons. The predicted octanol–water partition coefficient (Wildman–Crippen LogP) is 4.46. The van der Waals surface area contributed by atoms with Crippen LogP contribution in [0.3, 0.4) is 0 Å². The van der Waals surface area contributed by atoms with Gasteiger partial charge in [-0.1, -0.05) is 43.3 Å². The lowest BCUT2D eigenvalue weighted by Crippen LogP contribution is -2.28. The van der Waals surface area contributed by atoms with E-state index in [1.807, 2.05) is 11.5 Å². The van der Waals surface area contributed by atoms with Crippen molar-refractivity contribution >= 4 is 16.7 Å². The van der Waals surface area contributed by atoms with Gasteiger partial charge in [-0.15, -0.1) is 0 Å². The first kappa shape index (κ1) is 16.2. The molecule has 0 aromatic heterocycles. The summed E-state index contributed by atoms with van der Waals surface area (Å²) in [6.07, 6.45) is 3.53. The highest BCUT2D eigenvalue weighted by Crippen LogP contribution is 2.49. The van der Waals surface area contributed by atoms with Crippen LogP contribution in [0.2, 0.25) is 0 Å². The van der Waals surface area contributed by atoms with E-state index in [4.69, 9.17) is 0 Å². The number of benzene rings is 1. The van der Waals surface area contributed by atoms with Gasteiger partial charge in [-0.3, -0.25) is 9.69 Å². The summed E-state index contributed by atoms with van der Waals surface area (Å²) in [5, 5.41) is 3.51. The van der Waals surface area contributed by atoms with Gasteiger partial charge in [0.05, 0.1) is 5.57 Å². The van der Waals surface area contributed by atoms with E-state index in [2.05, 4.69) is 35.2 Å². The number of hydrogen-bond acceptors (Lipinski definition) is 2. The number of thiol groups is 1. The van der Waals surface area contributed by atoms with E-state index in [0.29, 0.717) is 12.0 Å². The van der Waals surface area contributed by atoms with Gasteiger partial charge in [-0.05, 0) is 27.7 Å². The molecule has 1 aromatic rings. The summed E-state index contributed by atoms with van der Waals surface area (Å²) >= 11 is 0. The molecule has 0 N–H and O–H groups in total. The van der Waals surface area contributed by atoms with Crippen molar-refractivity contribution in [1.82, 2.24) is 4.90 Å². The molecule has 3 rings (SSSR count). The second-order valence-corrected chi connectivity index (χ2v) is 7.78. The maximum absolute atomic E-state index is 13.9. The summed E-state index contributed by atoms with van der Waals surface area (Å²) in [5.41, 5.74) is 1.61. The molecule has 0 bridgehead atoms. The maximum Gasteiger partial charge on any atom is 0.166 e. The Morgan fingerprint density at radius 1 is 1.26 bits per heavy atom. The van der Waals surface area contributed by atoms with Gasteiger partial charge in [0.1, 0.15) is 5.83 Å². The Bertz CT molecular complexity index is 678. The summed E-state index contributed by atoms with van der Waals surface area (Å²) in [7, 11) is -0.744. The zero-order valence-electron chi connectivity index (χ0n) is 13.3. The lowest BCUT2D eigenvalue weighted by Gasteiger charge is -2.28. The fourth-order valence-corrected chi connectivity index (χ4v) is 4.90. The van der Waals surface area contributed by atoms with Gasteiger partial charge in [0.15, 0.2) is 5.78 Å². The van der Waals surface area contributed by atoms with Gasteiger partial charge in [0, 0.05) is 26.1 Å². The van der Waals surface area contributed by atoms with E-state index in [9.17, 15) is 9.18 Å². The molecule has 1 atom stereocenters. The number of rotatable bonds is 5. The van der Waals surface area contributed by atoms with Crippen molar-refractivity contribution in [2.24, 2.45) is 0 Å². The molecule has 0 saturated heterocycles. The first-order valence-electron chi connectivity index (χ1n) is 8.03. The van der Waals surface area contributed by atoms with Crippen molar-refractivity contribution in [3.8, 4) is 0 Å². The normalized spacial score (nSPS) is 23.2. The molecule has 0 saturated carbocycles. The Morgan fingerprint density at radius 2 is 2.04 bits per heavy atom. The number of allylic oxidation sites excluding steroid dienone is 2. The molecule has 2 nitrogen and oxygen atoms in total. The van der Waals surface area contributed by atoms with E-state index in [1.165, 1.54) is 10.5 Å². The van der Waals surface area contributed by atoms with Crippen molar-refractivity contribution in [2.75, 3.05) is 13.1 Å². The SMILES string of the molecule is CCC(=O)C1=C[SH](C2=CCN(Cc3ccccc3)CC2)C=C1F. The average molecular weight is 331 g/mol. The van der Waals surface area contributed by atoms with Gasteiger partial charge >= 0.3 is 0 Å². The van der Waals surface area contributed by atoms with Crippen LogP contribution in [0.15, 0.2) is 63.5 Å². The van der Waals surface area contributed by atoms with Crippen LogP contribution in [-0.2, 0) is 11.3 Å². The third-order valence-corrected chi connectivity index (χ3v) is 6.36. The number of halogens is 1. The molecule has 2 aliphatic heterocycles. The molecule has 4 heteroatoms. The molecule has 2 heterocycles. The van der Waals surface area contributed by atoms with Crippen LogP contribution in [0, 0.1) is 0 Å². The minimum Gasteiger partial charge on any atom is -0.295 e. The largest absolute Gasteiger partial charge is 0.295 e. The summed E-state index contributed by atoms with van der Waals surface area (Å²) in [4.78, 5) is 15.4. The highest BCUT2D eigenvalue weighted by atomic mass is 32.2. The van der Waals surface area contributed by atoms with Gasteiger partial charge < -0.3 is 0 Å². The van der Waals surface area contributed by atoms with Crippen molar-refractivity contribution in [3.05, 3.63) is 69.1 Å². The predicted molar refractivity (Wildman–Crippen MR) is 96.0 cm³/mol. The van der Waals surface area contributed by atoms with Gasteiger partial charge in [0.25, 0.3) is 0 Å². The van der Waals surface area contributed by atoms with E-state index in [0.717, 1.165) is 26.1 Å². The fraction of sp³-hybridized carbons (Fsp3) is 0.316. The highest BCUT2D eigenvalue weighted by Gasteiger charge is 2.24. The summed E-state index contributed by atoms with van der Waals surface area (Å²) < 4.78 is 13.9. The van der Waals surface area contributed by atoms with Crippen molar-refractivity contribution < 1.29 is 9.18 Å². The second-order valence-electron chi connectivity index (χ2n) is 5.87. The molecule has 0 amide bonds. The summed E-state index contributed by atoms with van der Waals surface area (Å²) in [6.45, 7) is 4.60. The molecule has 0 aliphatic carbocycles. The molecule has 122 valence electrons. The summed E-state index contributed by atoms with van der Waals surface area (Å²) in [5.74, 6) is -0.415. The van der Waals surface area contributed by atoms with Crippen LogP contribution in [0.4, 0.5) is 4.39 Å². The molecular formula is C19H22FNOS. The first-order valence-corrected chi connectivity index (χ1v) is 9.51. The zero-order valence-corrected chi connectivity index (χ0v) is 14.2. The molecule has 23 heavy (non-hydrogen) atoms. The second kappa shape index (κ2) is 7.28. The van der Waals surface area contributed by atoms with E-state index < -0.39 is 10.9 Å². The molecular weight excluding hydrogens is 309 g/mol. The van der Waals surface area contributed by atoms with Crippen LogP contribution in [0.25, 0.3) is 0 Å². The lowest BCUT2D eigenvalue weighted by molar-refractivity contribution is -0.115. The quantitative estimate of drug-likeness (QED) is 0.804. The zero-order chi connectivity index (χ0) is 16.2. The Morgan fingerprint density at radius 3 is 2.70 bits per heavy atom. The Hall–Kier alpha value is -1.65. The topological polar surface area (TPSA) is 20.3 Å².